The van der Waals surface area contributed by atoms with Gasteiger partial charge < -0.3 is 0 Å². The van der Waals surface area contributed by atoms with Gasteiger partial charge in [0.15, 0.2) is 0 Å². The van der Waals surface area contributed by atoms with E-state index in [2.05, 4.69) is 294 Å². The maximum Gasteiger partial charge on any atom is 0.0784 e. The molecule has 0 heterocycles. The van der Waals surface area contributed by atoms with Crippen molar-refractivity contribution in [3.05, 3.63) is 255 Å². The third kappa shape index (κ3) is 7.61. The normalized spacial score (nSPS) is 12.2. The largest absolute Gasteiger partial charge is 0.0784 e. The van der Waals surface area contributed by atoms with Crippen LogP contribution >= 0.6 is 0 Å². The van der Waals surface area contributed by atoms with E-state index < -0.39 is 16.1 Å². The summed E-state index contributed by atoms with van der Waals surface area (Å²) in [4.78, 5) is 0. The molecule has 15 rings (SSSR count). The molecule has 0 nitrogen and oxygen atoms in total. The zero-order valence-electron chi connectivity index (χ0n) is 45.2. The summed E-state index contributed by atoms with van der Waals surface area (Å²) in [6.45, 7) is 14.6. The number of benzene rings is 13. The molecule has 2 heteroatoms. The molecule has 0 saturated heterocycles. The quantitative estimate of drug-likeness (QED) is 0.140. The fraction of sp³-hybridized carbons (Fsp3) is 0.0789. The lowest BCUT2D eigenvalue weighted by Crippen LogP contribution is -2.38. The van der Waals surface area contributed by atoms with E-state index in [0.29, 0.717) is 0 Å². The fourth-order valence-electron chi connectivity index (χ4n) is 13.3. The predicted molar refractivity (Wildman–Crippen MR) is 345 cm³/mol. The van der Waals surface area contributed by atoms with Crippen LogP contribution in [-0.4, -0.2) is 16.1 Å². The number of hydrogen-bond acceptors (Lipinski definition) is 0. The van der Waals surface area contributed by atoms with E-state index in [1.54, 1.807) is 5.19 Å². The Morgan fingerprint density at radius 3 is 0.872 bits per heavy atom. The summed E-state index contributed by atoms with van der Waals surface area (Å²) in [6, 6.07) is 94.6. The standard InChI is InChI=1S/C41H32Si.C35H28Si/c1-42(2,3)30-23-21-27(22-24-30)31-25-26-36-39-32(31)19-12-20-35(39)40-37(28-13-6-4-7-14-28)33-17-10-11-18-34(33)38(41(36)40)29-15-8-5-9-16-29;1-36(2,3)30-22-21-29-33-27(30)19-12-20-28(33)34-31(23-13-6-4-7-14-23)25-17-10-11-18-26(25)32(35(29)34)24-15-8-5-9-16-24/h4-26H,1-3H3;4-22H,1-3H3. The van der Waals surface area contributed by atoms with Gasteiger partial charge in [-0.15, -0.1) is 0 Å². The Morgan fingerprint density at radius 2 is 0.500 bits per heavy atom. The Bertz CT molecular complexity index is 4320. The van der Waals surface area contributed by atoms with Crippen molar-refractivity contribution in [2.75, 3.05) is 0 Å². The Balaban J connectivity index is 0.000000143. The highest BCUT2D eigenvalue weighted by Gasteiger charge is 2.34. The molecule has 2 aliphatic carbocycles. The second kappa shape index (κ2) is 18.5. The van der Waals surface area contributed by atoms with Gasteiger partial charge >= 0.3 is 0 Å². The molecule has 0 bridgehead atoms. The maximum atomic E-state index is 2.46. The molecule has 13 aromatic rings. The Hall–Kier alpha value is -8.67. The van der Waals surface area contributed by atoms with E-state index in [9.17, 15) is 0 Å². The lowest BCUT2D eigenvalue weighted by Gasteiger charge is -2.21. The van der Waals surface area contributed by atoms with E-state index in [1.807, 2.05) is 0 Å². The van der Waals surface area contributed by atoms with E-state index in [-0.39, 0.29) is 0 Å². The van der Waals surface area contributed by atoms with Gasteiger partial charge in [-0.2, -0.15) is 0 Å². The molecule has 0 radical (unpaired) electrons. The van der Waals surface area contributed by atoms with Crippen LogP contribution in [0.2, 0.25) is 39.3 Å². The minimum absolute atomic E-state index is 1.26. The minimum Gasteiger partial charge on any atom is -0.0656 e. The van der Waals surface area contributed by atoms with Gasteiger partial charge in [-0.05, 0) is 143 Å². The van der Waals surface area contributed by atoms with Crippen molar-refractivity contribution in [2.45, 2.75) is 39.3 Å². The molecule has 0 unspecified atom stereocenters. The van der Waals surface area contributed by atoms with E-state index in [4.69, 9.17) is 0 Å². The number of hydrogen-bond donors (Lipinski definition) is 0. The summed E-state index contributed by atoms with van der Waals surface area (Å²) >= 11 is 0. The molecule has 78 heavy (non-hydrogen) atoms. The van der Waals surface area contributed by atoms with Gasteiger partial charge in [0.1, 0.15) is 0 Å². The zero-order chi connectivity index (χ0) is 52.9. The van der Waals surface area contributed by atoms with E-state index in [0.717, 1.165) is 0 Å². The van der Waals surface area contributed by atoms with Crippen LogP contribution in [0.15, 0.2) is 255 Å². The topological polar surface area (TPSA) is 0 Å². The molecule has 0 atom stereocenters. The monoisotopic (exact) mass is 1030 g/mol. The molecule has 372 valence electrons. The molecule has 2 aliphatic rings. The van der Waals surface area contributed by atoms with Crippen LogP contribution in [0.25, 0.3) is 143 Å². The summed E-state index contributed by atoms with van der Waals surface area (Å²) in [6.07, 6.45) is 0. The molecule has 0 N–H and O–H groups in total. The third-order valence-electron chi connectivity index (χ3n) is 16.7. The average Bonchev–Trinajstić information content (AvgIpc) is 3.92. The SMILES string of the molecule is C[Si](C)(C)c1ccc(-c2ccc3c4c(cccc24)-c2c-3c(-c3ccccc3)c3ccccc3c2-c2ccccc2)cc1.C[Si](C)(C)c1ccc2c3c(cccc13)-c1c-2c(-c2ccccc2)c2ccccc2c1-c1ccccc1. The number of fused-ring (bicyclic) bond motifs is 8. The summed E-state index contributed by atoms with van der Waals surface area (Å²) < 4.78 is 0. The maximum absolute atomic E-state index is 2.46. The second-order valence-electron chi connectivity index (χ2n) is 23.4. The summed E-state index contributed by atoms with van der Waals surface area (Å²) in [5.74, 6) is 0. The lowest BCUT2D eigenvalue weighted by molar-refractivity contribution is 1.62. The first-order valence-electron chi connectivity index (χ1n) is 27.7. The highest BCUT2D eigenvalue weighted by Crippen LogP contribution is 2.60. The van der Waals surface area contributed by atoms with E-state index >= 15 is 0 Å². The van der Waals surface area contributed by atoms with Crippen LogP contribution in [0, 0.1) is 0 Å². The molecule has 0 amide bonds. The summed E-state index contributed by atoms with van der Waals surface area (Å²) in [5.41, 5.74) is 23.9. The molecule has 0 saturated carbocycles. The zero-order valence-corrected chi connectivity index (χ0v) is 47.2. The van der Waals surface area contributed by atoms with Gasteiger partial charge in [0.05, 0.1) is 16.1 Å². The van der Waals surface area contributed by atoms with Gasteiger partial charge in [-0.3, -0.25) is 0 Å². The van der Waals surface area contributed by atoms with E-state index in [1.165, 1.54) is 148 Å². The average molecular weight is 1030 g/mol. The first kappa shape index (κ1) is 47.8. The molecular weight excluding hydrogens is 969 g/mol. The first-order chi connectivity index (χ1) is 38.0. The van der Waals surface area contributed by atoms with Crippen molar-refractivity contribution in [2.24, 2.45) is 0 Å². The van der Waals surface area contributed by atoms with Crippen LogP contribution in [0.3, 0.4) is 0 Å². The molecule has 0 spiro atoms. The Morgan fingerprint density at radius 1 is 0.192 bits per heavy atom. The molecule has 0 fully saturated rings. The third-order valence-corrected chi connectivity index (χ3v) is 20.8. The van der Waals surface area contributed by atoms with Crippen molar-refractivity contribution < 1.29 is 0 Å². The van der Waals surface area contributed by atoms with Crippen molar-refractivity contribution >= 4 is 69.6 Å². The smallest absolute Gasteiger partial charge is 0.0656 e. The van der Waals surface area contributed by atoms with Crippen molar-refractivity contribution in [1.29, 1.82) is 0 Å². The van der Waals surface area contributed by atoms with Gasteiger partial charge in [0.2, 0.25) is 0 Å². The van der Waals surface area contributed by atoms with Gasteiger partial charge in [0, 0.05) is 0 Å². The number of rotatable bonds is 7. The van der Waals surface area contributed by atoms with Crippen LogP contribution in [0.1, 0.15) is 0 Å². The van der Waals surface area contributed by atoms with Gasteiger partial charge in [-0.1, -0.05) is 304 Å². The Labute approximate surface area is 461 Å². The molecule has 0 aromatic heterocycles. The molecule has 0 aliphatic heterocycles. The van der Waals surface area contributed by atoms with Crippen molar-refractivity contribution in [3.8, 4) is 100 Å². The fourth-order valence-corrected chi connectivity index (χ4v) is 16.0. The summed E-state index contributed by atoms with van der Waals surface area (Å²) in [7, 11) is -2.89. The highest BCUT2D eigenvalue weighted by atomic mass is 28.3. The van der Waals surface area contributed by atoms with Crippen molar-refractivity contribution in [3.63, 3.8) is 0 Å². The van der Waals surface area contributed by atoms with Crippen LogP contribution in [-0.2, 0) is 0 Å². The predicted octanol–water partition coefficient (Wildman–Crippen LogP) is 20.7. The molecular formula is C76H60Si2. The second-order valence-corrected chi connectivity index (χ2v) is 33.5. The van der Waals surface area contributed by atoms with Gasteiger partial charge in [0.25, 0.3) is 0 Å². The van der Waals surface area contributed by atoms with Crippen LogP contribution in [0.4, 0.5) is 0 Å². The highest BCUT2D eigenvalue weighted by molar-refractivity contribution is 6.90. The first-order valence-corrected chi connectivity index (χ1v) is 34.7. The van der Waals surface area contributed by atoms with Gasteiger partial charge in [-0.25, -0.2) is 0 Å². The summed E-state index contributed by atoms with van der Waals surface area (Å²) in [5, 5.41) is 13.8. The van der Waals surface area contributed by atoms with Crippen LogP contribution < -0.4 is 10.4 Å². The minimum atomic E-state index is -1.52. The Kier molecular flexibility index (Phi) is 11.3. The molecule has 13 aromatic carbocycles. The lowest BCUT2D eigenvalue weighted by atomic mass is 9.82. The van der Waals surface area contributed by atoms with Crippen molar-refractivity contribution in [1.82, 2.24) is 0 Å². The van der Waals surface area contributed by atoms with Crippen LogP contribution in [0.5, 0.6) is 0 Å².